The highest BCUT2D eigenvalue weighted by atomic mass is 16.5. The number of carbonyl (C=O) groups is 2. The van der Waals surface area contributed by atoms with Gasteiger partial charge in [0.1, 0.15) is 0 Å². The van der Waals surface area contributed by atoms with Crippen LogP contribution in [0.2, 0.25) is 0 Å². The lowest BCUT2D eigenvalue weighted by Gasteiger charge is -2.13. The van der Waals surface area contributed by atoms with Crippen LogP contribution < -0.4 is 5.32 Å². The van der Waals surface area contributed by atoms with Crippen LogP contribution >= 0.6 is 0 Å². The Morgan fingerprint density at radius 2 is 1.92 bits per heavy atom. The maximum Gasteiger partial charge on any atom is 0.340 e. The Hall–Kier alpha value is -2.56. The molecule has 0 saturated heterocycles. The SMILES string of the molecule is Cc1cc(C(=O)OCC(=O)NC[C@@H](C)c2ccccc2)c(C)n1C1CC1. The van der Waals surface area contributed by atoms with E-state index < -0.39 is 5.97 Å². The highest BCUT2D eigenvalue weighted by molar-refractivity contribution is 5.92. The molecular weight excluding hydrogens is 328 g/mol. The predicted octanol–water partition coefficient (Wildman–Crippen LogP) is 3.52. The van der Waals surface area contributed by atoms with E-state index >= 15 is 0 Å². The zero-order valence-corrected chi connectivity index (χ0v) is 15.6. The summed E-state index contributed by atoms with van der Waals surface area (Å²) in [5.41, 5.74) is 3.71. The van der Waals surface area contributed by atoms with Gasteiger partial charge in [-0.05, 0) is 44.2 Å². The van der Waals surface area contributed by atoms with Crippen LogP contribution in [0.4, 0.5) is 0 Å². The average Bonchev–Trinajstić information content (AvgIpc) is 3.43. The first kappa shape index (κ1) is 18.2. The summed E-state index contributed by atoms with van der Waals surface area (Å²) in [5.74, 6) is -0.512. The number of nitrogens with one attached hydrogen (secondary N) is 1. The Bertz CT molecular complexity index is 791. The second-order valence-electron chi connectivity index (χ2n) is 7.08. The van der Waals surface area contributed by atoms with E-state index in [2.05, 4.69) is 9.88 Å². The number of amides is 1. The van der Waals surface area contributed by atoms with Crippen molar-refractivity contribution in [3.8, 4) is 0 Å². The Kier molecular flexibility index (Phi) is 5.45. The fourth-order valence-electron chi connectivity index (χ4n) is 3.30. The normalized spacial score (nSPS) is 14.7. The van der Waals surface area contributed by atoms with Gasteiger partial charge in [0.15, 0.2) is 6.61 Å². The van der Waals surface area contributed by atoms with Crippen molar-refractivity contribution >= 4 is 11.9 Å². The van der Waals surface area contributed by atoms with Crippen molar-refractivity contribution in [1.29, 1.82) is 0 Å². The first-order chi connectivity index (χ1) is 12.5. The minimum Gasteiger partial charge on any atom is -0.452 e. The number of nitrogens with zero attached hydrogens (tertiary/aromatic N) is 1. The molecule has 5 heteroatoms. The first-order valence-electron chi connectivity index (χ1n) is 9.14. The number of hydrogen-bond donors (Lipinski definition) is 1. The van der Waals surface area contributed by atoms with Gasteiger partial charge in [0.05, 0.1) is 5.56 Å². The van der Waals surface area contributed by atoms with Crippen LogP contribution in [0.5, 0.6) is 0 Å². The number of aryl methyl sites for hydroxylation is 1. The van der Waals surface area contributed by atoms with Gasteiger partial charge in [-0.2, -0.15) is 0 Å². The number of carbonyl (C=O) groups excluding carboxylic acids is 2. The summed E-state index contributed by atoms with van der Waals surface area (Å²) >= 11 is 0. The van der Waals surface area contributed by atoms with Gasteiger partial charge in [0.2, 0.25) is 0 Å². The van der Waals surface area contributed by atoms with E-state index in [4.69, 9.17) is 4.74 Å². The highest BCUT2D eigenvalue weighted by Gasteiger charge is 2.28. The third-order valence-corrected chi connectivity index (χ3v) is 4.92. The molecule has 1 amide bonds. The second-order valence-corrected chi connectivity index (χ2v) is 7.08. The van der Waals surface area contributed by atoms with Crippen molar-refractivity contribution in [2.75, 3.05) is 13.2 Å². The van der Waals surface area contributed by atoms with Gasteiger partial charge in [-0.25, -0.2) is 4.79 Å². The molecule has 1 N–H and O–H groups in total. The standard InChI is InChI=1S/C21H26N2O3/c1-14(17-7-5-4-6-8-17)12-22-20(24)13-26-21(25)19-11-15(2)23(16(19)3)18-9-10-18/h4-8,11,14,18H,9-10,12-13H2,1-3H3,(H,22,24)/t14-/m1/s1. The van der Waals surface area contributed by atoms with Gasteiger partial charge in [0.25, 0.3) is 5.91 Å². The molecule has 1 aliphatic rings. The molecule has 1 aromatic carbocycles. The molecule has 1 aliphatic carbocycles. The van der Waals surface area contributed by atoms with E-state index in [0.717, 1.165) is 29.8 Å². The molecule has 1 fully saturated rings. The van der Waals surface area contributed by atoms with Gasteiger partial charge in [-0.1, -0.05) is 37.3 Å². The zero-order chi connectivity index (χ0) is 18.7. The first-order valence-corrected chi connectivity index (χ1v) is 9.14. The van der Waals surface area contributed by atoms with Crippen molar-refractivity contribution in [3.05, 3.63) is 58.9 Å². The lowest BCUT2D eigenvalue weighted by atomic mass is 10.0. The van der Waals surface area contributed by atoms with Crippen molar-refractivity contribution < 1.29 is 14.3 Å². The van der Waals surface area contributed by atoms with E-state index in [9.17, 15) is 9.59 Å². The minimum atomic E-state index is -0.434. The van der Waals surface area contributed by atoms with Crippen LogP contribution in [0.15, 0.2) is 36.4 Å². The molecule has 0 unspecified atom stereocenters. The molecule has 2 aromatic rings. The molecule has 1 heterocycles. The fraction of sp³-hybridized carbons (Fsp3) is 0.429. The molecule has 138 valence electrons. The summed E-state index contributed by atoms with van der Waals surface area (Å²) < 4.78 is 7.41. The maximum absolute atomic E-state index is 12.3. The van der Waals surface area contributed by atoms with E-state index in [1.54, 1.807) is 0 Å². The van der Waals surface area contributed by atoms with Crippen molar-refractivity contribution in [2.24, 2.45) is 0 Å². The van der Waals surface area contributed by atoms with Gasteiger partial charge < -0.3 is 14.6 Å². The van der Waals surface area contributed by atoms with Crippen molar-refractivity contribution in [1.82, 2.24) is 9.88 Å². The largest absolute Gasteiger partial charge is 0.452 e. The average molecular weight is 354 g/mol. The summed E-state index contributed by atoms with van der Waals surface area (Å²) in [7, 11) is 0. The molecule has 0 bridgehead atoms. The van der Waals surface area contributed by atoms with Crippen molar-refractivity contribution in [2.45, 2.75) is 45.6 Å². The summed E-state index contributed by atoms with van der Waals surface area (Å²) in [5, 5.41) is 2.83. The fourth-order valence-corrected chi connectivity index (χ4v) is 3.30. The summed E-state index contributed by atoms with van der Waals surface area (Å²) in [4.78, 5) is 24.3. The van der Waals surface area contributed by atoms with Gasteiger partial charge >= 0.3 is 5.97 Å². The molecule has 1 atom stereocenters. The number of esters is 1. The zero-order valence-electron chi connectivity index (χ0n) is 15.6. The summed E-state index contributed by atoms with van der Waals surface area (Å²) in [6.07, 6.45) is 2.32. The van der Waals surface area contributed by atoms with E-state index in [1.165, 1.54) is 0 Å². The third kappa shape index (κ3) is 4.15. The van der Waals surface area contributed by atoms with Crippen LogP contribution in [0.3, 0.4) is 0 Å². The summed E-state index contributed by atoms with van der Waals surface area (Å²) in [6.45, 7) is 6.24. The van der Waals surface area contributed by atoms with Crippen LogP contribution in [-0.2, 0) is 9.53 Å². The van der Waals surface area contributed by atoms with Gasteiger partial charge in [-0.3, -0.25) is 4.79 Å². The predicted molar refractivity (Wildman–Crippen MR) is 100 cm³/mol. The Balaban J connectivity index is 1.48. The highest BCUT2D eigenvalue weighted by Crippen LogP contribution is 2.38. The Morgan fingerprint density at radius 1 is 1.23 bits per heavy atom. The number of rotatable bonds is 7. The van der Waals surface area contributed by atoms with Gasteiger partial charge in [0, 0.05) is 24.0 Å². The Morgan fingerprint density at radius 3 is 2.58 bits per heavy atom. The monoisotopic (exact) mass is 354 g/mol. The number of aromatic nitrogens is 1. The second kappa shape index (κ2) is 7.77. The van der Waals surface area contributed by atoms with E-state index in [0.29, 0.717) is 18.2 Å². The van der Waals surface area contributed by atoms with Crippen LogP contribution in [0.25, 0.3) is 0 Å². The van der Waals surface area contributed by atoms with E-state index in [-0.39, 0.29) is 18.4 Å². The molecule has 0 aliphatic heterocycles. The lowest BCUT2D eigenvalue weighted by Crippen LogP contribution is -2.31. The van der Waals surface area contributed by atoms with E-state index in [1.807, 2.05) is 57.2 Å². The Labute approximate surface area is 154 Å². The molecule has 5 nitrogen and oxygen atoms in total. The molecule has 0 radical (unpaired) electrons. The van der Waals surface area contributed by atoms with Crippen molar-refractivity contribution in [3.63, 3.8) is 0 Å². The molecule has 1 aromatic heterocycles. The molecule has 26 heavy (non-hydrogen) atoms. The van der Waals surface area contributed by atoms with Crippen LogP contribution in [0, 0.1) is 13.8 Å². The topological polar surface area (TPSA) is 60.3 Å². The number of hydrogen-bond acceptors (Lipinski definition) is 3. The molecule has 1 saturated carbocycles. The smallest absolute Gasteiger partial charge is 0.340 e. The maximum atomic E-state index is 12.3. The van der Waals surface area contributed by atoms with Gasteiger partial charge in [-0.15, -0.1) is 0 Å². The number of benzene rings is 1. The molecule has 3 rings (SSSR count). The summed E-state index contributed by atoms with van der Waals surface area (Å²) in [6, 6.07) is 12.4. The molecular formula is C21H26N2O3. The van der Waals surface area contributed by atoms with Crippen LogP contribution in [-0.4, -0.2) is 29.6 Å². The molecule has 0 spiro atoms. The minimum absolute atomic E-state index is 0.202. The number of ether oxygens (including phenoxy) is 1. The lowest BCUT2D eigenvalue weighted by molar-refractivity contribution is -0.124. The van der Waals surface area contributed by atoms with Crippen LogP contribution in [0.1, 0.15) is 59.0 Å². The third-order valence-electron chi connectivity index (χ3n) is 4.92. The quantitative estimate of drug-likeness (QED) is 0.774.